The number of carbonyl (C=O) groups excluding carboxylic acids is 2. The summed E-state index contributed by atoms with van der Waals surface area (Å²) < 4.78 is 4.90. The van der Waals surface area contributed by atoms with Crippen LogP contribution in [0.25, 0.3) is 0 Å². The van der Waals surface area contributed by atoms with E-state index < -0.39 is 11.9 Å². The zero-order chi connectivity index (χ0) is 11.1. The molecule has 0 bridgehead atoms. The van der Waals surface area contributed by atoms with Crippen molar-refractivity contribution in [3.05, 3.63) is 11.6 Å². The van der Waals surface area contributed by atoms with E-state index in [-0.39, 0.29) is 12.4 Å². The van der Waals surface area contributed by atoms with Gasteiger partial charge >= 0.3 is 5.97 Å². The van der Waals surface area contributed by atoms with Gasteiger partial charge in [0.1, 0.15) is 18.3 Å². The SMILES string of the molecule is CCC(=O)C(C)C(=O)OCC=C(C)C. The van der Waals surface area contributed by atoms with E-state index >= 15 is 0 Å². The highest BCUT2D eigenvalue weighted by atomic mass is 16.5. The Kier molecular flexibility index (Phi) is 5.84. The molecule has 80 valence electrons. The number of ketones is 1. The molecule has 0 fully saturated rings. The van der Waals surface area contributed by atoms with E-state index in [1.165, 1.54) is 0 Å². The zero-order valence-electron chi connectivity index (χ0n) is 9.29. The van der Waals surface area contributed by atoms with E-state index in [9.17, 15) is 9.59 Å². The molecule has 3 nitrogen and oxygen atoms in total. The Bertz CT molecular complexity index is 237. The van der Waals surface area contributed by atoms with Gasteiger partial charge < -0.3 is 4.74 Å². The third-order valence-corrected chi connectivity index (χ3v) is 1.90. The van der Waals surface area contributed by atoms with Gasteiger partial charge in [0.25, 0.3) is 0 Å². The van der Waals surface area contributed by atoms with Gasteiger partial charge in [-0.1, -0.05) is 12.5 Å². The maximum absolute atomic E-state index is 11.3. The number of Topliss-reactive ketones (excluding diaryl/α,β-unsaturated/α-hetero) is 1. The van der Waals surface area contributed by atoms with Crippen molar-refractivity contribution in [3.63, 3.8) is 0 Å². The zero-order valence-corrected chi connectivity index (χ0v) is 9.29. The summed E-state index contributed by atoms with van der Waals surface area (Å²) >= 11 is 0. The van der Waals surface area contributed by atoms with Crippen LogP contribution >= 0.6 is 0 Å². The smallest absolute Gasteiger partial charge is 0.316 e. The largest absolute Gasteiger partial charge is 0.461 e. The van der Waals surface area contributed by atoms with Crippen LogP contribution in [0, 0.1) is 5.92 Å². The second kappa shape index (κ2) is 6.35. The molecule has 0 aliphatic carbocycles. The molecule has 1 unspecified atom stereocenters. The molecule has 0 amide bonds. The summed E-state index contributed by atoms with van der Waals surface area (Å²) in [7, 11) is 0. The maximum Gasteiger partial charge on any atom is 0.316 e. The minimum absolute atomic E-state index is 0.0767. The van der Waals surface area contributed by atoms with Crippen molar-refractivity contribution < 1.29 is 14.3 Å². The van der Waals surface area contributed by atoms with E-state index in [0.29, 0.717) is 6.42 Å². The summed E-state index contributed by atoms with van der Waals surface area (Å²) in [6.07, 6.45) is 2.18. The molecule has 0 saturated heterocycles. The Morgan fingerprint density at radius 2 is 1.93 bits per heavy atom. The van der Waals surface area contributed by atoms with Crippen molar-refractivity contribution in [2.45, 2.75) is 34.1 Å². The maximum atomic E-state index is 11.3. The van der Waals surface area contributed by atoms with E-state index in [2.05, 4.69) is 0 Å². The van der Waals surface area contributed by atoms with Gasteiger partial charge in [-0.05, 0) is 26.8 Å². The average molecular weight is 198 g/mol. The minimum Gasteiger partial charge on any atom is -0.461 e. The van der Waals surface area contributed by atoms with E-state index in [4.69, 9.17) is 4.74 Å². The third-order valence-electron chi connectivity index (χ3n) is 1.90. The van der Waals surface area contributed by atoms with Crippen LogP contribution < -0.4 is 0 Å². The van der Waals surface area contributed by atoms with Gasteiger partial charge in [0, 0.05) is 6.42 Å². The van der Waals surface area contributed by atoms with Crippen LogP contribution in [0.1, 0.15) is 34.1 Å². The molecule has 1 atom stereocenters. The molecule has 0 rings (SSSR count). The molecule has 0 aliphatic heterocycles. The first-order chi connectivity index (χ1) is 6.49. The lowest BCUT2D eigenvalue weighted by Gasteiger charge is -2.07. The number of esters is 1. The first-order valence-electron chi connectivity index (χ1n) is 4.81. The lowest BCUT2D eigenvalue weighted by Crippen LogP contribution is -2.22. The quantitative estimate of drug-likeness (QED) is 0.386. The molecule has 0 aromatic carbocycles. The van der Waals surface area contributed by atoms with Gasteiger partial charge in [0.2, 0.25) is 0 Å². The summed E-state index contributed by atoms with van der Waals surface area (Å²) in [5.74, 6) is -1.15. The first kappa shape index (κ1) is 12.9. The second-order valence-corrected chi connectivity index (χ2v) is 3.45. The van der Waals surface area contributed by atoms with Gasteiger partial charge in [-0.25, -0.2) is 0 Å². The third kappa shape index (κ3) is 4.80. The highest BCUT2D eigenvalue weighted by Crippen LogP contribution is 2.03. The van der Waals surface area contributed by atoms with Gasteiger partial charge in [0.05, 0.1) is 0 Å². The van der Waals surface area contributed by atoms with Crippen LogP contribution in [0.2, 0.25) is 0 Å². The summed E-state index contributed by atoms with van der Waals surface area (Å²) in [5.41, 5.74) is 1.09. The topological polar surface area (TPSA) is 43.4 Å². The normalized spacial score (nSPS) is 11.7. The van der Waals surface area contributed by atoms with Gasteiger partial charge in [-0.15, -0.1) is 0 Å². The predicted molar refractivity (Wildman–Crippen MR) is 54.9 cm³/mol. The molecule has 0 saturated carbocycles. The van der Waals surface area contributed by atoms with Gasteiger partial charge in [0.15, 0.2) is 0 Å². The molecule has 0 radical (unpaired) electrons. The minimum atomic E-state index is -0.634. The number of carbonyl (C=O) groups is 2. The van der Waals surface area contributed by atoms with Gasteiger partial charge in [-0.3, -0.25) is 9.59 Å². The number of hydrogen-bond donors (Lipinski definition) is 0. The Hall–Kier alpha value is -1.12. The Balaban J connectivity index is 3.97. The Morgan fingerprint density at radius 1 is 1.36 bits per heavy atom. The van der Waals surface area contributed by atoms with Crippen LogP contribution in [-0.2, 0) is 14.3 Å². The number of allylic oxidation sites excluding steroid dienone is 1. The van der Waals surface area contributed by atoms with E-state index in [1.807, 2.05) is 13.8 Å². The molecule has 0 N–H and O–H groups in total. The van der Waals surface area contributed by atoms with E-state index in [0.717, 1.165) is 5.57 Å². The summed E-state index contributed by atoms with van der Waals surface area (Å²) in [4.78, 5) is 22.4. The fourth-order valence-corrected chi connectivity index (χ4v) is 0.853. The fourth-order valence-electron chi connectivity index (χ4n) is 0.853. The molecule has 14 heavy (non-hydrogen) atoms. The number of rotatable bonds is 5. The van der Waals surface area contributed by atoms with Crippen LogP contribution in [0.3, 0.4) is 0 Å². The van der Waals surface area contributed by atoms with Crippen molar-refractivity contribution in [2.24, 2.45) is 5.92 Å². The van der Waals surface area contributed by atoms with Crippen molar-refractivity contribution in [1.82, 2.24) is 0 Å². The Labute approximate surface area is 85.1 Å². The van der Waals surface area contributed by atoms with Crippen molar-refractivity contribution in [3.8, 4) is 0 Å². The van der Waals surface area contributed by atoms with Crippen LogP contribution in [0.5, 0.6) is 0 Å². The Morgan fingerprint density at radius 3 is 2.36 bits per heavy atom. The highest BCUT2D eigenvalue weighted by Gasteiger charge is 2.20. The van der Waals surface area contributed by atoms with Crippen molar-refractivity contribution in [1.29, 1.82) is 0 Å². The predicted octanol–water partition coefficient (Wildman–Crippen LogP) is 2.11. The molecular weight excluding hydrogens is 180 g/mol. The first-order valence-corrected chi connectivity index (χ1v) is 4.81. The molecule has 0 aromatic heterocycles. The lowest BCUT2D eigenvalue weighted by molar-refractivity contribution is -0.150. The van der Waals surface area contributed by atoms with Crippen molar-refractivity contribution in [2.75, 3.05) is 6.61 Å². The monoisotopic (exact) mass is 198 g/mol. The lowest BCUT2D eigenvalue weighted by atomic mass is 10.1. The summed E-state index contributed by atoms with van der Waals surface area (Å²) in [6, 6.07) is 0. The molecule has 0 spiro atoms. The molecule has 0 aromatic rings. The standard InChI is InChI=1S/C11H18O3/c1-5-10(12)9(4)11(13)14-7-6-8(2)3/h6,9H,5,7H2,1-4H3. The molecule has 0 aliphatic rings. The second-order valence-electron chi connectivity index (χ2n) is 3.45. The van der Waals surface area contributed by atoms with Crippen LogP contribution in [-0.4, -0.2) is 18.4 Å². The molecule has 3 heteroatoms. The number of hydrogen-bond acceptors (Lipinski definition) is 3. The summed E-state index contributed by atoms with van der Waals surface area (Å²) in [6.45, 7) is 7.42. The van der Waals surface area contributed by atoms with Crippen LogP contribution in [0.4, 0.5) is 0 Å². The van der Waals surface area contributed by atoms with Crippen molar-refractivity contribution >= 4 is 11.8 Å². The molecular formula is C11H18O3. The molecule has 0 heterocycles. The number of ether oxygens (including phenoxy) is 1. The highest BCUT2D eigenvalue weighted by molar-refractivity contribution is 5.98. The summed E-state index contributed by atoms with van der Waals surface area (Å²) in [5, 5.41) is 0. The van der Waals surface area contributed by atoms with Gasteiger partial charge in [-0.2, -0.15) is 0 Å². The fraction of sp³-hybridized carbons (Fsp3) is 0.636. The van der Waals surface area contributed by atoms with Crippen LogP contribution in [0.15, 0.2) is 11.6 Å². The van der Waals surface area contributed by atoms with E-state index in [1.54, 1.807) is 19.9 Å². The average Bonchev–Trinajstić information content (AvgIpc) is 2.14.